The van der Waals surface area contributed by atoms with Gasteiger partial charge in [0.15, 0.2) is 0 Å². The van der Waals surface area contributed by atoms with Crippen LogP contribution >= 0.6 is 15.9 Å². The van der Waals surface area contributed by atoms with Crippen LogP contribution in [0.5, 0.6) is 0 Å². The number of furan rings is 1. The second-order valence-electron chi connectivity index (χ2n) is 2.05. The van der Waals surface area contributed by atoms with Gasteiger partial charge < -0.3 is 9.52 Å². The highest BCUT2D eigenvalue weighted by Crippen LogP contribution is 2.18. The Labute approximate surface area is 73.7 Å². The molecule has 3 heteroatoms. The fourth-order valence-electron chi connectivity index (χ4n) is 0.689. The molecule has 0 bridgehead atoms. The highest BCUT2D eigenvalue weighted by atomic mass is 79.9. The summed E-state index contributed by atoms with van der Waals surface area (Å²) < 4.78 is 6.03. The molecular formula is C8H9BrO2. The smallest absolute Gasteiger partial charge is 0.140 e. The standard InChI is InChI=1S/C8H9BrO2/c9-7-4-6-11-8(7)3-1-2-5-10/h1,3-4,6,10H,2,5H2. The van der Waals surface area contributed by atoms with E-state index in [1.807, 2.05) is 18.2 Å². The van der Waals surface area contributed by atoms with Crippen molar-refractivity contribution in [1.29, 1.82) is 0 Å². The van der Waals surface area contributed by atoms with Gasteiger partial charge in [-0.25, -0.2) is 0 Å². The van der Waals surface area contributed by atoms with Crippen molar-refractivity contribution in [1.82, 2.24) is 0 Å². The van der Waals surface area contributed by atoms with Crippen molar-refractivity contribution >= 4 is 22.0 Å². The number of aliphatic hydroxyl groups is 1. The van der Waals surface area contributed by atoms with Crippen LogP contribution in [0.2, 0.25) is 0 Å². The maximum absolute atomic E-state index is 8.47. The van der Waals surface area contributed by atoms with Crippen molar-refractivity contribution in [3.05, 3.63) is 28.6 Å². The summed E-state index contributed by atoms with van der Waals surface area (Å²) in [5, 5.41) is 8.47. The molecule has 1 rings (SSSR count). The van der Waals surface area contributed by atoms with Crippen molar-refractivity contribution in [2.45, 2.75) is 6.42 Å². The Balaban J connectivity index is 2.56. The zero-order chi connectivity index (χ0) is 8.10. The first-order valence-corrected chi connectivity index (χ1v) is 4.14. The van der Waals surface area contributed by atoms with Crippen LogP contribution in [-0.2, 0) is 0 Å². The monoisotopic (exact) mass is 216 g/mol. The predicted molar refractivity (Wildman–Crippen MR) is 47.1 cm³/mol. The maximum atomic E-state index is 8.47. The summed E-state index contributed by atoms with van der Waals surface area (Å²) in [5.74, 6) is 0.790. The SMILES string of the molecule is OCCC=Cc1occc1Br. The van der Waals surface area contributed by atoms with Crippen molar-refractivity contribution in [2.24, 2.45) is 0 Å². The van der Waals surface area contributed by atoms with Crippen molar-refractivity contribution in [2.75, 3.05) is 6.61 Å². The molecule has 0 aliphatic heterocycles. The molecule has 0 fully saturated rings. The molecule has 0 saturated carbocycles. The molecular weight excluding hydrogens is 208 g/mol. The average molecular weight is 217 g/mol. The Hall–Kier alpha value is -0.540. The van der Waals surface area contributed by atoms with Crippen LogP contribution in [0.25, 0.3) is 6.08 Å². The molecule has 0 aliphatic carbocycles. The number of hydrogen-bond acceptors (Lipinski definition) is 2. The van der Waals surface area contributed by atoms with Gasteiger partial charge in [0.05, 0.1) is 10.7 Å². The zero-order valence-electron chi connectivity index (χ0n) is 5.96. The van der Waals surface area contributed by atoms with Crippen LogP contribution < -0.4 is 0 Å². The van der Waals surface area contributed by atoms with Gasteiger partial charge in [-0.1, -0.05) is 6.08 Å². The van der Waals surface area contributed by atoms with E-state index in [4.69, 9.17) is 9.52 Å². The van der Waals surface area contributed by atoms with Gasteiger partial charge in [0.1, 0.15) is 5.76 Å². The third-order valence-electron chi connectivity index (χ3n) is 1.21. The largest absolute Gasteiger partial charge is 0.464 e. The molecule has 0 aliphatic rings. The molecule has 0 unspecified atom stereocenters. The third-order valence-corrected chi connectivity index (χ3v) is 1.86. The van der Waals surface area contributed by atoms with Crippen LogP contribution in [0.15, 0.2) is 27.3 Å². The molecule has 0 saturated heterocycles. The summed E-state index contributed by atoms with van der Waals surface area (Å²) >= 11 is 3.31. The van der Waals surface area contributed by atoms with Crippen LogP contribution in [-0.4, -0.2) is 11.7 Å². The molecule has 2 nitrogen and oxygen atoms in total. The number of halogens is 1. The molecule has 1 aromatic rings. The van der Waals surface area contributed by atoms with E-state index in [2.05, 4.69) is 15.9 Å². The van der Waals surface area contributed by atoms with Gasteiger partial charge in [-0.15, -0.1) is 0 Å². The number of hydrogen-bond donors (Lipinski definition) is 1. The van der Waals surface area contributed by atoms with E-state index in [1.54, 1.807) is 6.26 Å². The molecule has 60 valence electrons. The summed E-state index contributed by atoms with van der Waals surface area (Å²) in [7, 11) is 0. The van der Waals surface area contributed by atoms with Crippen LogP contribution in [0.1, 0.15) is 12.2 Å². The Bertz CT molecular complexity index is 240. The Morgan fingerprint density at radius 1 is 1.64 bits per heavy atom. The zero-order valence-corrected chi connectivity index (χ0v) is 7.54. The van der Waals surface area contributed by atoms with E-state index < -0.39 is 0 Å². The first-order chi connectivity index (χ1) is 5.34. The van der Waals surface area contributed by atoms with Gasteiger partial charge in [-0.2, -0.15) is 0 Å². The fraction of sp³-hybridized carbons (Fsp3) is 0.250. The molecule has 1 aromatic heterocycles. The second-order valence-corrected chi connectivity index (χ2v) is 2.90. The van der Waals surface area contributed by atoms with Gasteiger partial charge >= 0.3 is 0 Å². The van der Waals surface area contributed by atoms with Gasteiger partial charge in [0, 0.05) is 6.61 Å². The lowest BCUT2D eigenvalue weighted by molar-refractivity contribution is 0.303. The third kappa shape index (κ3) is 2.52. The lowest BCUT2D eigenvalue weighted by atomic mass is 10.3. The Kier molecular flexibility index (Phi) is 3.39. The van der Waals surface area contributed by atoms with E-state index in [-0.39, 0.29) is 6.61 Å². The minimum absolute atomic E-state index is 0.175. The topological polar surface area (TPSA) is 33.4 Å². The molecule has 0 radical (unpaired) electrons. The predicted octanol–water partition coefficient (Wildman–Crippen LogP) is 2.44. The lowest BCUT2D eigenvalue weighted by Crippen LogP contribution is -1.74. The average Bonchev–Trinajstić information content (AvgIpc) is 2.37. The molecule has 0 amide bonds. The number of aliphatic hydroxyl groups excluding tert-OH is 1. The summed E-state index contributed by atoms with van der Waals surface area (Å²) in [5.41, 5.74) is 0. The van der Waals surface area contributed by atoms with E-state index in [0.29, 0.717) is 6.42 Å². The lowest BCUT2D eigenvalue weighted by Gasteiger charge is -1.86. The molecule has 0 aromatic carbocycles. The van der Waals surface area contributed by atoms with Crippen molar-refractivity contribution in [3.63, 3.8) is 0 Å². The van der Waals surface area contributed by atoms with E-state index >= 15 is 0 Å². The van der Waals surface area contributed by atoms with Gasteiger partial charge in [-0.3, -0.25) is 0 Å². The highest BCUT2D eigenvalue weighted by Gasteiger charge is 1.96. The summed E-state index contributed by atoms with van der Waals surface area (Å²) in [6, 6.07) is 1.83. The summed E-state index contributed by atoms with van der Waals surface area (Å²) in [6.45, 7) is 0.175. The van der Waals surface area contributed by atoms with E-state index in [1.165, 1.54) is 0 Å². The maximum Gasteiger partial charge on any atom is 0.140 e. The summed E-state index contributed by atoms with van der Waals surface area (Å²) in [4.78, 5) is 0. The first-order valence-electron chi connectivity index (χ1n) is 3.35. The van der Waals surface area contributed by atoms with Gasteiger partial charge in [0.2, 0.25) is 0 Å². The van der Waals surface area contributed by atoms with Crippen molar-refractivity contribution < 1.29 is 9.52 Å². The normalized spacial score (nSPS) is 11.1. The van der Waals surface area contributed by atoms with Crippen molar-refractivity contribution in [3.8, 4) is 0 Å². The van der Waals surface area contributed by atoms with E-state index in [0.717, 1.165) is 10.2 Å². The van der Waals surface area contributed by atoms with Crippen LogP contribution in [0.4, 0.5) is 0 Å². The second kappa shape index (κ2) is 4.36. The van der Waals surface area contributed by atoms with Gasteiger partial charge in [-0.05, 0) is 34.5 Å². The minimum Gasteiger partial charge on any atom is -0.464 e. The Morgan fingerprint density at radius 3 is 3.00 bits per heavy atom. The van der Waals surface area contributed by atoms with E-state index in [9.17, 15) is 0 Å². The highest BCUT2D eigenvalue weighted by molar-refractivity contribution is 9.10. The van der Waals surface area contributed by atoms with Crippen LogP contribution in [0, 0.1) is 0 Å². The van der Waals surface area contributed by atoms with Gasteiger partial charge in [0.25, 0.3) is 0 Å². The fourth-order valence-corrected chi connectivity index (χ4v) is 1.02. The summed E-state index contributed by atoms with van der Waals surface area (Å²) in [6.07, 6.45) is 5.97. The molecule has 0 spiro atoms. The van der Waals surface area contributed by atoms with Crippen LogP contribution in [0.3, 0.4) is 0 Å². The Morgan fingerprint density at radius 2 is 2.45 bits per heavy atom. The first kappa shape index (κ1) is 8.56. The number of rotatable bonds is 3. The minimum atomic E-state index is 0.175. The molecule has 0 atom stereocenters. The molecule has 11 heavy (non-hydrogen) atoms. The quantitative estimate of drug-likeness (QED) is 0.843. The molecule has 1 N–H and O–H groups in total. The molecule has 1 heterocycles.